The van der Waals surface area contributed by atoms with Crippen LogP contribution in [0.3, 0.4) is 0 Å². The summed E-state index contributed by atoms with van der Waals surface area (Å²) in [6, 6.07) is 0.741. The van der Waals surface area contributed by atoms with Gasteiger partial charge in [-0.05, 0) is 38.3 Å². The van der Waals surface area contributed by atoms with Crippen molar-refractivity contribution in [2.75, 3.05) is 26.2 Å². The average molecular weight is 457 g/mol. The van der Waals surface area contributed by atoms with Crippen LogP contribution in [0.25, 0.3) is 6.08 Å². The number of halogens is 3. The third-order valence-electron chi connectivity index (χ3n) is 4.55. The molecule has 3 N–H and O–H groups in total. The first-order valence-electron chi connectivity index (χ1n) is 9.62. The minimum atomic E-state index is -0.0599. The first-order chi connectivity index (χ1) is 12.2. The first kappa shape index (κ1) is 29.4. The summed E-state index contributed by atoms with van der Waals surface area (Å²) in [5.74, 6) is -0.0599. The summed E-state index contributed by atoms with van der Waals surface area (Å²) >= 11 is 0. The minimum Gasteiger partial charge on any atom is -0.353 e. The first-order valence-corrected chi connectivity index (χ1v) is 9.62. The van der Waals surface area contributed by atoms with Crippen LogP contribution in [0.15, 0.2) is 18.6 Å². The van der Waals surface area contributed by atoms with Gasteiger partial charge in [0.1, 0.15) is 0 Å². The van der Waals surface area contributed by atoms with Gasteiger partial charge in [0.05, 0.1) is 12.0 Å². The van der Waals surface area contributed by atoms with E-state index in [0.29, 0.717) is 6.54 Å². The van der Waals surface area contributed by atoms with E-state index in [-0.39, 0.29) is 43.1 Å². The Bertz CT molecular complexity index is 533. The van der Waals surface area contributed by atoms with Crippen molar-refractivity contribution in [3.05, 3.63) is 24.3 Å². The van der Waals surface area contributed by atoms with Crippen molar-refractivity contribution in [2.24, 2.45) is 7.05 Å². The number of aryl methyl sites for hydroxylation is 1. The van der Waals surface area contributed by atoms with E-state index in [1.165, 1.54) is 38.2 Å². The highest BCUT2D eigenvalue weighted by Gasteiger charge is 2.11. The molecule has 1 aromatic rings. The number of unbranched alkanes of at least 4 members (excludes halogenated alkanes) is 1. The van der Waals surface area contributed by atoms with Crippen molar-refractivity contribution < 1.29 is 4.79 Å². The number of rotatable bonds is 11. The lowest BCUT2D eigenvalue weighted by atomic mass is 9.95. The number of nitrogens with zero attached hydrogens (tertiary/aromatic N) is 2. The van der Waals surface area contributed by atoms with Crippen molar-refractivity contribution in [1.29, 1.82) is 0 Å². The second-order valence-corrected chi connectivity index (χ2v) is 6.83. The van der Waals surface area contributed by atoms with Gasteiger partial charge < -0.3 is 20.5 Å². The standard InChI is InChI=1S/C19H33N5O.3ClH/c1-24-15-18(23-16-24)9-10-19(25)22-12-6-5-11-20-13-14-21-17-7-3-2-4-8-17;;;/h9-10,15-17,20-21H,2-8,11-14H2,1H3,(H,22,25);3*1H/b10-9+;;;. The summed E-state index contributed by atoms with van der Waals surface area (Å²) < 4.78 is 1.86. The second-order valence-electron chi connectivity index (χ2n) is 6.83. The fourth-order valence-corrected chi connectivity index (χ4v) is 3.12. The molecule has 28 heavy (non-hydrogen) atoms. The molecule has 0 spiro atoms. The van der Waals surface area contributed by atoms with E-state index in [9.17, 15) is 4.79 Å². The van der Waals surface area contributed by atoms with Crippen molar-refractivity contribution in [1.82, 2.24) is 25.5 Å². The van der Waals surface area contributed by atoms with Crippen LogP contribution in [-0.2, 0) is 11.8 Å². The van der Waals surface area contributed by atoms with E-state index >= 15 is 0 Å². The molecular weight excluding hydrogens is 421 g/mol. The highest BCUT2D eigenvalue weighted by Crippen LogP contribution is 2.16. The second kappa shape index (κ2) is 18.3. The Morgan fingerprint density at radius 3 is 2.50 bits per heavy atom. The van der Waals surface area contributed by atoms with Gasteiger partial charge in [-0.3, -0.25) is 4.79 Å². The summed E-state index contributed by atoms with van der Waals surface area (Å²) in [5, 5.41) is 10.0. The van der Waals surface area contributed by atoms with Crippen LogP contribution < -0.4 is 16.0 Å². The molecule has 6 nitrogen and oxygen atoms in total. The Morgan fingerprint density at radius 2 is 1.82 bits per heavy atom. The van der Waals surface area contributed by atoms with E-state index in [2.05, 4.69) is 20.9 Å². The Kier molecular flexibility index (Phi) is 19.2. The highest BCUT2D eigenvalue weighted by atomic mass is 35.5. The molecule has 0 aromatic carbocycles. The number of hydrogen-bond acceptors (Lipinski definition) is 4. The summed E-state index contributed by atoms with van der Waals surface area (Å²) in [7, 11) is 1.91. The topological polar surface area (TPSA) is 71.0 Å². The predicted molar refractivity (Wildman–Crippen MR) is 124 cm³/mol. The third-order valence-corrected chi connectivity index (χ3v) is 4.55. The predicted octanol–water partition coefficient (Wildman–Crippen LogP) is 3.11. The molecule has 0 atom stereocenters. The van der Waals surface area contributed by atoms with Crippen LogP contribution in [0.1, 0.15) is 50.6 Å². The van der Waals surface area contributed by atoms with Crippen LogP contribution in [-0.4, -0.2) is 47.7 Å². The minimum absolute atomic E-state index is 0. The summed E-state index contributed by atoms with van der Waals surface area (Å²) in [6.07, 6.45) is 15.8. The monoisotopic (exact) mass is 455 g/mol. The van der Waals surface area contributed by atoms with Crippen LogP contribution in [0.2, 0.25) is 0 Å². The number of amides is 1. The zero-order valence-electron chi connectivity index (χ0n) is 16.7. The van der Waals surface area contributed by atoms with Crippen LogP contribution in [0.4, 0.5) is 0 Å². The number of aromatic nitrogens is 2. The number of hydrogen-bond donors (Lipinski definition) is 3. The van der Waals surface area contributed by atoms with E-state index in [0.717, 1.165) is 44.2 Å². The molecule has 0 unspecified atom stereocenters. The van der Waals surface area contributed by atoms with Gasteiger partial charge in [-0.25, -0.2) is 4.98 Å². The molecule has 0 bridgehead atoms. The number of imidazole rings is 1. The smallest absolute Gasteiger partial charge is 0.244 e. The normalized spacial score (nSPS) is 14.0. The molecule has 1 fully saturated rings. The van der Waals surface area contributed by atoms with Gasteiger partial charge >= 0.3 is 0 Å². The van der Waals surface area contributed by atoms with Gasteiger partial charge in [0.2, 0.25) is 5.91 Å². The molecule has 164 valence electrons. The quantitative estimate of drug-likeness (QED) is 0.353. The van der Waals surface area contributed by atoms with Gasteiger partial charge in [0.15, 0.2) is 0 Å². The number of carbonyl (C=O) groups is 1. The zero-order chi connectivity index (χ0) is 17.7. The fourth-order valence-electron chi connectivity index (χ4n) is 3.12. The number of nitrogens with one attached hydrogen (secondary N) is 3. The molecule has 1 aliphatic rings. The maximum atomic E-state index is 11.7. The van der Waals surface area contributed by atoms with Gasteiger partial charge in [-0.2, -0.15) is 0 Å². The Balaban J connectivity index is 0. The Hall–Kier alpha value is -0.790. The molecule has 1 aromatic heterocycles. The average Bonchev–Trinajstić information content (AvgIpc) is 3.05. The highest BCUT2D eigenvalue weighted by molar-refractivity contribution is 5.91. The van der Waals surface area contributed by atoms with E-state index in [4.69, 9.17) is 0 Å². The molecule has 2 rings (SSSR count). The maximum absolute atomic E-state index is 11.7. The van der Waals surface area contributed by atoms with Gasteiger partial charge in [-0.15, -0.1) is 37.2 Å². The summed E-state index contributed by atoms with van der Waals surface area (Å²) in [4.78, 5) is 15.8. The van der Waals surface area contributed by atoms with Gasteiger partial charge in [0.25, 0.3) is 0 Å². The molecule has 9 heteroatoms. The third kappa shape index (κ3) is 13.4. The zero-order valence-corrected chi connectivity index (χ0v) is 19.1. The van der Waals surface area contributed by atoms with E-state index < -0.39 is 0 Å². The molecule has 1 saturated carbocycles. The molecule has 1 amide bonds. The lowest BCUT2D eigenvalue weighted by Crippen LogP contribution is -2.36. The fraction of sp³-hybridized carbons (Fsp3) is 0.684. The summed E-state index contributed by atoms with van der Waals surface area (Å²) in [5.41, 5.74) is 0.795. The SMILES string of the molecule is Cl.Cl.Cl.Cn1cnc(/C=C/C(=O)NCCCCNCCNC2CCCCC2)c1. The van der Waals surface area contributed by atoms with E-state index in [1.54, 1.807) is 12.4 Å². The molecule has 1 heterocycles. The molecule has 1 aliphatic carbocycles. The molecular formula is C19H36Cl3N5O. The van der Waals surface area contributed by atoms with Crippen LogP contribution in [0.5, 0.6) is 0 Å². The lowest BCUT2D eigenvalue weighted by molar-refractivity contribution is -0.116. The van der Waals surface area contributed by atoms with Crippen molar-refractivity contribution in [3.8, 4) is 0 Å². The molecule has 0 radical (unpaired) electrons. The molecule has 0 aliphatic heterocycles. The van der Waals surface area contributed by atoms with Crippen LogP contribution >= 0.6 is 37.2 Å². The van der Waals surface area contributed by atoms with Crippen molar-refractivity contribution in [2.45, 2.75) is 51.0 Å². The van der Waals surface area contributed by atoms with Gasteiger partial charge in [0, 0.05) is 45.0 Å². The Labute approximate surface area is 187 Å². The van der Waals surface area contributed by atoms with E-state index in [1.807, 2.05) is 17.8 Å². The van der Waals surface area contributed by atoms with Crippen molar-refractivity contribution in [3.63, 3.8) is 0 Å². The largest absolute Gasteiger partial charge is 0.353 e. The maximum Gasteiger partial charge on any atom is 0.244 e. The van der Waals surface area contributed by atoms with Crippen molar-refractivity contribution >= 4 is 49.2 Å². The van der Waals surface area contributed by atoms with Gasteiger partial charge in [-0.1, -0.05) is 19.3 Å². The molecule has 0 saturated heterocycles. The Morgan fingerprint density at radius 1 is 1.11 bits per heavy atom. The van der Waals surface area contributed by atoms with Crippen LogP contribution in [0, 0.1) is 0 Å². The number of carbonyl (C=O) groups excluding carboxylic acids is 1. The summed E-state index contributed by atoms with van der Waals surface area (Å²) in [6.45, 7) is 3.80. The lowest BCUT2D eigenvalue weighted by Gasteiger charge is -2.22.